The van der Waals surface area contributed by atoms with Gasteiger partial charge in [0.25, 0.3) is 0 Å². The number of halogens is 1. The van der Waals surface area contributed by atoms with E-state index >= 15 is 0 Å². The van der Waals surface area contributed by atoms with E-state index in [2.05, 4.69) is 18.8 Å². The van der Waals surface area contributed by atoms with Crippen molar-refractivity contribution in [1.29, 1.82) is 0 Å². The van der Waals surface area contributed by atoms with Crippen LogP contribution in [0.15, 0.2) is 18.2 Å². The summed E-state index contributed by atoms with van der Waals surface area (Å²) >= 11 is 0. The molecule has 2 N–H and O–H groups in total. The maximum Gasteiger partial charge on any atom is 0.132 e. The van der Waals surface area contributed by atoms with Crippen LogP contribution in [-0.2, 0) is 13.0 Å². The summed E-state index contributed by atoms with van der Waals surface area (Å²) in [6, 6.07) is 5.02. The molecule has 0 saturated heterocycles. The van der Waals surface area contributed by atoms with Gasteiger partial charge in [0.15, 0.2) is 0 Å². The second-order valence-electron chi connectivity index (χ2n) is 5.60. The fourth-order valence-corrected chi connectivity index (χ4v) is 2.37. The Labute approximate surface area is 119 Å². The van der Waals surface area contributed by atoms with E-state index in [1.165, 1.54) is 6.07 Å². The highest BCUT2D eigenvalue weighted by molar-refractivity contribution is 5.72. The summed E-state index contributed by atoms with van der Waals surface area (Å²) in [7, 11) is 0. The molecule has 0 aliphatic rings. The molecule has 1 aromatic carbocycles. The lowest BCUT2D eigenvalue weighted by Crippen LogP contribution is -2.11. The number of hydrogen-bond donors (Lipinski definition) is 1. The van der Waals surface area contributed by atoms with Gasteiger partial charge < -0.3 is 10.3 Å². The van der Waals surface area contributed by atoms with Crippen LogP contribution >= 0.6 is 0 Å². The van der Waals surface area contributed by atoms with Crippen LogP contribution in [0.25, 0.3) is 11.3 Å². The first-order chi connectivity index (χ1) is 9.43. The summed E-state index contributed by atoms with van der Waals surface area (Å²) in [5.74, 6) is 1.65. The largest absolute Gasteiger partial charge is 0.383 e. The number of nitrogens with two attached hydrogens (primary N) is 1. The highest BCUT2D eigenvalue weighted by Crippen LogP contribution is 2.30. The van der Waals surface area contributed by atoms with E-state index in [1.54, 1.807) is 12.1 Å². The van der Waals surface area contributed by atoms with Crippen molar-refractivity contribution >= 4 is 5.82 Å². The van der Waals surface area contributed by atoms with Crippen LogP contribution in [0.3, 0.4) is 0 Å². The molecule has 0 amide bonds. The Morgan fingerprint density at radius 1 is 1.35 bits per heavy atom. The third-order valence-corrected chi connectivity index (χ3v) is 3.33. The topological polar surface area (TPSA) is 43.8 Å². The van der Waals surface area contributed by atoms with Crippen LogP contribution in [0.5, 0.6) is 0 Å². The summed E-state index contributed by atoms with van der Waals surface area (Å²) in [5, 5.41) is 0. The smallest absolute Gasteiger partial charge is 0.132 e. The molecule has 2 rings (SSSR count). The van der Waals surface area contributed by atoms with Gasteiger partial charge in [-0.15, -0.1) is 0 Å². The van der Waals surface area contributed by atoms with Gasteiger partial charge in [-0.3, -0.25) is 0 Å². The first kappa shape index (κ1) is 14.6. The van der Waals surface area contributed by atoms with Gasteiger partial charge in [0, 0.05) is 18.5 Å². The molecule has 0 radical (unpaired) electrons. The number of nitrogen functional groups attached to an aromatic ring is 1. The van der Waals surface area contributed by atoms with Crippen LogP contribution in [0.1, 0.15) is 32.2 Å². The predicted octanol–water partition coefficient (Wildman–Crippen LogP) is 3.80. The second-order valence-corrected chi connectivity index (χ2v) is 5.60. The molecule has 108 valence electrons. The van der Waals surface area contributed by atoms with E-state index in [0.29, 0.717) is 23.0 Å². The molecule has 0 aliphatic heterocycles. The molecule has 0 saturated carbocycles. The number of rotatable bonds is 4. The molecule has 20 heavy (non-hydrogen) atoms. The lowest BCUT2D eigenvalue weighted by Gasteiger charge is -2.11. The molecule has 2 aromatic rings. The molecule has 0 fully saturated rings. The van der Waals surface area contributed by atoms with E-state index in [9.17, 15) is 4.39 Å². The normalized spacial score (nSPS) is 11.3. The Kier molecular flexibility index (Phi) is 4.12. The minimum Gasteiger partial charge on any atom is -0.383 e. The molecular weight excluding hydrogens is 253 g/mol. The third kappa shape index (κ3) is 2.69. The van der Waals surface area contributed by atoms with Gasteiger partial charge in [0.1, 0.15) is 23.2 Å². The van der Waals surface area contributed by atoms with Gasteiger partial charge in [-0.2, -0.15) is 0 Å². The summed E-state index contributed by atoms with van der Waals surface area (Å²) < 4.78 is 16.0. The van der Waals surface area contributed by atoms with Crippen LogP contribution in [0.2, 0.25) is 0 Å². The Bertz CT molecular complexity index is 614. The monoisotopic (exact) mass is 275 g/mol. The van der Waals surface area contributed by atoms with E-state index in [1.807, 2.05) is 18.4 Å². The average Bonchev–Trinajstić information content (AvgIpc) is 2.69. The molecule has 0 bridgehead atoms. The summed E-state index contributed by atoms with van der Waals surface area (Å²) in [6.45, 7) is 9.03. The van der Waals surface area contributed by atoms with Crippen LogP contribution < -0.4 is 5.73 Å². The van der Waals surface area contributed by atoms with Gasteiger partial charge in [0.2, 0.25) is 0 Å². The number of hydrogen-bond acceptors (Lipinski definition) is 2. The molecular formula is C16H22FN3. The molecule has 0 atom stereocenters. The van der Waals surface area contributed by atoms with Crippen LogP contribution in [0.4, 0.5) is 10.2 Å². The van der Waals surface area contributed by atoms with Crippen molar-refractivity contribution in [3.63, 3.8) is 0 Å². The van der Waals surface area contributed by atoms with Gasteiger partial charge in [-0.1, -0.05) is 32.4 Å². The molecule has 1 aromatic heterocycles. The predicted molar refractivity (Wildman–Crippen MR) is 81.0 cm³/mol. The summed E-state index contributed by atoms with van der Waals surface area (Å²) in [4.78, 5) is 4.55. The number of nitrogens with zero attached hydrogens (tertiary/aromatic N) is 2. The lowest BCUT2D eigenvalue weighted by atomic mass is 10.1. The van der Waals surface area contributed by atoms with Crippen molar-refractivity contribution < 1.29 is 4.39 Å². The number of imidazole rings is 1. The molecule has 4 heteroatoms. The zero-order valence-corrected chi connectivity index (χ0v) is 12.6. The number of aromatic nitrogens is 2. The quantitative estimate of drug-likeness (QED) is 0.922. The first-order valence-electron chi connectivity index (χ1n) is 7.05. The van der Waals surface area contributed by atoms with Gasteiger partial charge in [0.05, 0.1) is 0 Å². The Hall–Kier alpha value is -1.84. The van der Waals surface area contributed by atoms with E-state index in [-0.39, 0.29) is 5.82 Å². The Morgan fingerprint density at radius 3 is 2.65 bits per heavy atom. The van der Waals surface area contributed by atoms with Gasteiger partial charge >= 0.3 is 0 Å². The minimum absolute atomic E-state index is 0.279. The highest BCUT2D eigenvalue weighted by atomic mass is 19.1. The van der Waals surface area contributed by atoms with E-state index in [0.717, 1.165) is 24.4 Å². The van der Waals surface area contributed by atoms with Crippen molar-refractivity contribution in [3.05, 3.63) is 35.4 Å². The molecule has 0 unspecified atom stereocenters. The maximum absolute atomic E-state index is 14.0. The minimum atomic E-state index is -0.279. The van der Waals surface area contributed by atoms with Crippen molar-refractivity contribution in [3.8, 4) is 11.3 Å². The highest BCUT2D eigenvalue weighted by Gasteiger charge is 2.18. The number of benzene rings is 1. The standard InChI is InChI=1S/C16H22FN3/c1-5-14-19-15(16(18)20(14)9-10(2)3)12-8-11(4)6-7-13(12)17/h6-8,10H,5,9,18H2,1-4H3. The van der Waals surface area contributed by atoms with Crippen molar-refractivity contribution in [2.45, 2.75) is 40.7 Å². The van der Waals surface area contributed by atoms with E-state index < -0.39 is 0 Å². The lowest BCUT2D eigenvalue weighted by molar-refractivity contribution is 0.513. The fourth-order valence-electron chi connectivity index (χ4n) is 2.37. The molecule has 3 nitrogen and oxygen atoms in total. The molecule has 1 heterocycles. The number of anilines is 1. The fraction of sp³-hybridized carbons (Fsp3) is 0.438. The van der Waals surface area contributed by atoms with Crippen molar-refractivity contribution in [1.82, 2.24) is 9.55 Å². The van der Waals surface area contributed by atoms with Crippen LogP contribution in [-0.4, -0.2) is 9.55 Å². The third-order valence-electron chi connectivity index (χ3n) is 3.33. The molecule has 0 aliphatic carbocycles. The van der Waals surface area contributed by atoms with Crippen LogP contribution in [0, 0.1) is 18.7 Å². The van der Waals surface area contributed by atoms with Crippen molar-refractivity contribution in [2.24, 2.45) is 5.92 Å². The number of aryl methyl sites for hydroxylation is 2. The zero-order chi connectivity index (χ0) is 14.9. The Balaban J connectivity index is 2.57. The Morgan fingerprint density at radius 2 is 2.05 bits per heavy atom. The summed E-state index contributed by atoms with van der Waals surface area (Å²) in [5.41, 5.74) is 8.26. The zero-order valence-electron chi connectivity index (χ0n) is 12.6. The van der Waals surface area contributed by atoms with Gasteiger partial charge in [-0.25, -0.2) is 9.37 Å². The summed E-state index contributed by atoms with van der Waals surface area (Å²) in [6.07, 6.45) is 0.782. The SMILES string of the molecule is CCc1nc(-c2cc(C)ccc2F)c(N)n1CC(C)C. The first-order valence-corrected chi connectivity index (χ1v) is 7.05. The average molecular weight is 275 g/mol. The molecule has 0 spiro atoms. The van der Waals surface area contributed by atoms with E-state index in [4.69, 9.17) is 5.73 Å². The van der Waals surface area contributed by atoms with Crippen molar-refractivity contribution in [2.75, 3.05) is 5.73 Å². The second kappa shape index (κ2) is 5.65. The maximum atomic E-state index is 14.0. The van der Waals surface area contributed by atoms with Gasteiger partial charge in [-0.05, 0) is 25.0 Å².